The molecular formula is C19H19N3O4S2. The Morgan fingerprint density at radius 1 is 1.11 bits per heavy atom. The molecule has 0 bridgehead atoms. The standard InChI is InChI=1S/C19H19N3O4S2/c1-13-17(18(24)20-12-16(23)14-8-4-2-5-9-14)21-19(27-13)22-28(25,26)15-10-6-3-7-11-15/h2-11,16,23H,12H2,1H3,(H,20,24)(H,21,22)/t16-/m1/s1. The number of carbonyl (C=O) groups excluding carboxylic acids is 1. The predicted octanol–water partition coefficient (Wildman–Crippen LogP) is 2.72. The summed E-state index contributed by atoms with van der Waals surface area (Å²) in [4.78, 5) is 17.2. The van der Waals surface area contributed by atoms with Crippen LogP contribution in [0.15, 0.2) is 65.6 Å². The van der Waals surface area contributed by atoms with Crippen LogP contribution in [0.3, 0.4) is 0 Å². The van der Waals surface area contributed by atoms with Gasteiger partial charge >= 0.3 is 0 Å². The van der Waals surface area contributed by atoms with Crippen molar-refractivity contribution in [3.8, 4) is 0 Å². The summed E-state index contributed by atoms with van der Waals surface area (Å²) in [7, 11) is -3.78. The Labute approximate surface area is 167 Å². The number of nitrogens with zero attached hydrogens (tertiary/aromatic N) is 1. The molecule has 0 fully saturated rings. The van der Waals surface area contributed by atoms with E-state index in [-0.39, 0.29) is 22.3 Å². The van der Waals surface area contributed by atoms with Gasteiger partial charge in [-0.15, -0.1) is 11.3 Å². The summed E-state index contributed by atoms with van der Waals surface area (Å²) in [6.45, 7) is 1.70. The van der Waals surface area contributed by atoms with E-state index in [1.807, 2.05) is 6.07 Å². The average Bonchev–Trinajstić information content (AvgIpc) is 3.06. The molecule has 1 aromatic heterocycles. The quantitative estimate of drug-likeness (QED) is 0.548. The molecule has 9 heteroatoms. The number of benzene rings is 2. The first kappa shape index (κ1) is 20.0. The predicted molar refractivity (Wildman–Crippen MR) is 108 cm³/mol. The van der Waals surface area contributed by atoms with Crippen LogP contribution in [0.1, 0.15) is 27.0 Å². The highest BCUT2D eigenvalue weighted by atomic mass is 32.2. The minimum Gasteiger partial charge on any atom is -0.387 e. The van der Waals surface area contributed by atoms with E-state index in [0.29, 0.717) is 10.4 Å². The molecule has 1 atom stereocenters. The molecule has 28 heavy (non-hydrogen) atoms. The van der Waals surface area contributed by atoms with Gasteiger partial charge in [0.25, 0.3) is 15.9 Å². The maximum Gasteiger partial charge on any atom is 0.271 e. The summed E-state index contributed by atoms with van der Waals surface area (Å²) >= 11 is 1.07. The first-order valence-electron chi connectivity index (χ1n) is 8.43. The third-order valence-electron chi connectivity index (χ3n) is 3.93. The number of sulfonamides is 1. The molecular weight excluding hydrogens is 398 g/mol. The molecule has 0 unspecified atom stereocenters. The zero-order chi connectivity index (χ0) is 20.1. The van der Waals surface area contributed by atoms with Crippen molar-refractivity contribution in [1.82, 2.24) is 10.3 Å². The number of nitrogens with one attached hydrogen (secondary N) is 2. The monoisotopic (exact) mass is 417 g/mol. The van der Waals surface area contributed by atoms with Crippen molar-refractivity contribution in [2.24, 2.45) is 0 Å². The molecule has 146 valence electrons. The van der Waals surface area contributed by atoms with Gasteiger partial charge in [-0.2, -0.15) is 0 Å². The number of rotatable bonds is 7. The van der Waals surface area contributed by atoms with E-state index in [9.17, 15) is 18.3 Å². The van der Waals surface area contributed by atoms with Crippen LogP contribution in [0.2, 0.25) is 0 Å². The van der Waals surface area contributed by atoms with E-state index in [4.69, 9.17) is 0 Å². The van der Waals surface area contributed by atoms with E-state index in [1.165, 1.54) is 12.1 Å². The smallest absolute Gasteiger partial charge is 0.271 e. The second kappa shape index (κ2) is 8.51. The first-order valence-corrected chi connectivity index (χ1v) is 10.7. The molecule has 3 aromatic rings. The number of carbonyl (C=O) groups is 1. The van der Waals surface area contributed by atoms with Crippen LogP contribution >= 0.6 is 11.3 Å². The Balaban J connectivity index is 1.67. The lowest BCUT2D eigenvalue weighted by molar-refractivity contribution is 0.0911. The Bertz CT molecular complexity index is 1050. The number of aromatic nitrogens is 1. The second-order valence-electron chi connectivity index (χ2n) is 5.98. The van der Waals surface area contributed by atoms with Crippen molar-refractivity contribution < 1.29 is 18.3 Å². The van der Waals surface area contributed by atoms with Crippen LogP contribution < -0.4 is 10.0 Å². The number of aliphatic hydroxyl groups is 1. The minimum atomic E-state index is -3.78. The average molecular weight is 418 g/mol. The lowest BCUT2D eigenvalue weighted by atomic mass is 10.1. The first-order chi connectivity index (χ1) is 13.4. The van der Waals surface area contributed by atoms with Crippen LogP contribution in [0, 0.1) is 6.92 Å². The molecule has 0 saturated carbocycles. The van der Waals surface area contributed by atoms with Crippen molar-refractivity contribution in [3.05, 3.63) is 76.8 Å². The summed E-state index contributed by atoms with van der Waals surface area (Å²) in [5, 5.41) is 12.9. The Morgan fingerprint density at radius 2 is 1.71 bits per heavy atom. The van der Waals surface area contributed by atoms with Gasteiger partial charge in [0.2, 0.25) is 0 Å². The number of aliphatic hydroxyl groups excluding tert-OH is 1. The molecule has 0 aliphatic carbocycles. The molecule has 0 aliphatic heterocycles. The molecule has 3 rings (SSSR count). The summed E-state index contributed by atoms with van der Waals surface area (Å²) < 4.78 is 27.2. The van der Waals surface area contributed by atoms with Gasteiger partial charge in [0.05, 0.1) is 11.0 Å². The van der Waals surface area contributed by atoms with Gasteiger partial charge in [-0.3, -0.25) is 9.52 Å². The number of aryl methyl sites for hydroxylation is 1. The largest absolute Gasteiger partial charge is 0.387 e. The number of amides is 1. The molecule has 3 N–H and O–H groups in total. The summed E-state index contributed by atoms with van der Waals surface area (Å²) in [5.74, 6) is -0.478. The zero-order valence-corrected chi connectivity index (χ0v) is 16.6. The molecule has 0 aliphatic rings. The van der Waals surface area contributed by atoms with E-state index >= 15 is 0 Å². The summed E-state index contributed by atoms with van der Waals surface area (Å²) in [5.41, 5.74) is 0.810. The zero-order valence-electron chi connectivity index (χ0n) is 15.0. The second-order valence-corrected chi connectivity index (χ2v) is 8.86. The molecule has 2 aromatic carbocycles. The van der Waals surface area contributed by atoms with E-state index in [1.54, 1.807) is 49.4 Å². The minimum absolute atomic E-state index is 0.0187. The van der Waals surface area contributed by atoms with Crippen molar-refractivity contribution in [2.75, 3.05) is 11.3 Å². The molecule has 0 saturated heterocycles. The van der Waals surface area contributed by atoms with E-state index in [2.05, 4.69) is 15.0 Å². The lowest BCUT2D eigenvalue weighted by Crippen LogP contribution is -2.29. The van der Waals surface area contributed by atoms with Crippen LogP contribution in [0.5, 0.6) is 0 Å². The SMILES string of the molecule is Cc1sc(NS(=O)(=O)c2ccccc2)nc1C(=O)NC[C@@H](O)c1ccccc1. The molecule has 1 heterocycles. The fourth-order valence-electron chi connectivity index (χ4n) is 2.49. The number of anilines is 1. The third-order valence-corrected chi connectivity index (χ3v) is 6.30. The molecule has 0 spiro atoms. The Hall–Kier alpha value is -2.75. The number of hydrogen-bond donors (Lipinski definition) is 3. The topological polar surface area (TPSA) is 108 Å². The maximum absolute atomic E-state index is 12.4. The fraction of sp³-hybridized carbons (Fsp3) is 0.158. The Kier molecular flexibility index (Phi) is 6.08. The number of thiazole rings is 1. The van der Waals surface area contributed by atoms with Crippen molar-refractivity contribution >= 4 is 32.4 Å². The highest BCUT2D eigenvalue weighted by molar-refractivity contribution is 7.93. The molecule has 0 radical (unpaired) electrons. The highest BCUT2D eigenvalue weighted by Gasteiger charge is 2.20. The van der Waals surface area contributed by atoms with Gasteiger partial charge in [0.15, 0.2) is 5.13 Å². The van der Waals surface area contributed by atoms with Crippen molar-refractivity contribution in [3.63, 3.8) is 0 Å². The maximum atomic E-state index is 12.4. The number of hydrogen-bond acceptors (Lipinski definition) is 6. The lowest BCUT2D eigenvalue weighted by Gasteiger charge is -2.11. The van der Waals surface area contributed by atoms with Crippen LogP contribution in [0.4, 0.5) is 5.13 Å². The van der Waals surface area contributed by atoms with Crippen LogP contribution in [-0.2, 0) is 10.0 Å². The van der Waals surface area contributed by atoms with Crippen molar-refractivity contribution in [2.45, 2.75) is 17.9 Å². The van der Waals surface area contributed by atoms with E-state index < -0.39 is 22.0 Å². The normalized spacial score (nSPS) is 12.4. The van der Waals surface area contributed by atoms with Gasteiger partial charge in [-0.05, 0) is 24.6 Å². The third kappa shape index (κ3) is 4.75. The van der Waals surface area contributed by atoms with Gasteiger partial charge in [-0.1, -0.05) is 48.5 Å². The van der Waals surface area contributed by atoms with Gasteiger partial charge in [0, 0.05) is 11.4 Å². The van der Waals surface area contributed by atoms with Crippen LogP contribution in [-0.4, -0.2) is 31.0 Å². The fourth-order valence-corrected chi connectivity index (χ4v) is 4.56. The summed E-state index contributed by atoms with van der Waals surface area (Å²) in [6, 6.07) is 16.9. The van der Waals surface area contributed by atoms with E-state index in [0.717, 1.165) is 11.3 Å². The molecule has 1 amide bonds. The van der Waals surface area contributed by atoms with Gasteiger partial charge in [-0.25, -0.2) is 13.4 Å². The summed E-state index contributed by atoms with van der Waals surface area (Å²) in [6.07, 6.45) is -0.847. The van der Waals surface area contributed by atoms with Gasteiger partial charge in [0.1, 0.15) is 5.69 Å². The Morgan fingerprint density at radius 3 is 2.36 bits per heavy atom. The van der Waals surface area contributed by atoms with Gasteiger partial charge < -0.3 is 10.4 Å². The molecule has 7 nitrogen and oxygen atoms in total. The van der Waals surface area contributed by atoms with Crippen molar-refractivity contribution in [1.29, 1.82) is 0 Å². The van der Waals surface area contributed by atoms with Crippen LogP contribution in [0.25, 0.3) is 0 Å². The highest BCUT2D eigenvalue weighted by Crippen LogP contribution is 2.25.